The number of rotatable bonds is 8. The molecule has 1 N–H and O–H groups in total. The Morgan fingerprint density at radius 1 is 0.902 bits per heavy atom. The van der Waals surface area contributed by atoms with Crippen LogP contribution in [0.3, 0.4) is 0 Å². The number of fused-ring (bicyclic) bond motifs is 1. The first-order valence-corrected chi connectivity index (χ1v) is 13.2. The number of anilines is 1. The maximum Gasteiger partial charge on any atom is 0.255 e. The number of hydrogen-bond donors (Lipinski definition) is 1. The fraction of sp³-hybridized carbons (Fsp3) is 0.188. The summed E-state index contributed by atoms with van der Waals surface area (Å²) in [7, 11) is 4.54. The van der Waals surface area contributed by atoms with Gasteiger partial charge in [-0.15, -0.1) is 0 Å². The van der Waals surface area contributed by atoms with Crippen molar-refractivity contribution >= 4 is 29.1 Å². The number of halogens is 2. The summed E-state index contributed by atoms with van der Waals surface area (Å²) in [5, 5.41) is 3.28. The molecule has 5 rings (SSSR count). The molecule has 0 fully saturated rings. The summed E-state index contributed by atoms with van der Waals surface area (Å²) in [6.07, 6.45) is 0. The highest BCUT2D eigenvalue weighted by atomic mass is 35.5. The van der Waals surface area contributed by atoms with Crippen molar-refractivity contribution in [2.75, 3.05) is 26.6 Å². The van der Waals surface area contributed by atoms with Crippen molar-refractivity contribution in [1.82, 2.24) is 4.90 Å². The summed E-state index contributed by atoms with van der Waals surface area (Å²) in [4.78, 5) is 29.9. The van der Waals surface area contributed by atoms with Gasteiger partial charge in [0.2, 0.25) is 5.91 Å². The van der Waals surface area contributed by atoms with E-state index in [2.05, 4.69) is 5.32 Å². The molecule has 1 aliphatic heterocycles. The van der Waals surface area contributed by atoms with Gasteiger partial charge in [-0.1, -0.05) is 54.1 Å². The number of carbonyl (C=O) groups is 2. The molecule has 7 nitrogen and oxygen atoms in total. The van der Waals surface area contributed by atoms with Crippen molar-refractivity contribution in [2.45, 2.75) is 18.5 Å². The van der Waals surface area contributed by atoms with Crippen LogP contribution < -0.4 is 19.5 Å². The number of benzene rings is 4. The topological polar surface area (TPSA) is 77.1 Å². The molecule has 4 aromatic rings. The normalized spacial score (nSPS) is 16.1. The quantitative estimate of drug-likeness (QED) is 0.256. The van der Waals surface area contributed by atoms with Gasteiger partial charge in [-0.3, -0.25) is 9.59 Å². The summed E-state index contributed by atoms with van der Waals surface area (Å²) < 4.78 is 29.8. The van der Waals surface area contributed by atoms with E-state index in [1.807, 2.05) is 12.1 Å². The van der Waals surface area contributed by atoms with E-state index in [9.17, 15) is 14.0 Å². The van der Waals surface area contributed by atoms with E-state index in [1.165, 1.54) is 26.4 Å². The van der Waals surface area contributed by atoms with Gasteiger partial charge < -0.3 is 24.4 Å². The maximum absolute atomic E-state index is 14.3. The molecule has 0 saturated heterocycles. The Balaban J connectivity index is 1.64. The number of carbonyl (C=O) groups excluding carboxylic acids is 2. The standard InChI is InChI=1S/C32H28ClFN2O5/c1-39-22-14-10-20(11-15-22)30-29(31(37)35-26-16-25(33)27(40-2)17-28(26)41-3)23-6-4-5-7-24(23)32(38)36(30)18-19-8-12-21(34)13-9-19/h4-17,29-30H,18H2,1-3H3,(H,35,37). The van der Waals surface area contributed by atoms with E-state index in [0.29, 0.717) is 39.1 Å². The van der Waals surface area contributed by atoms with Crippen molar-refractivity contribution < 1.29 is 28.2 Å². The van der Waals surface area contributed by atoms with Crippen LogP contribution in [0.15, 0.2) is 84.9 Å². The number of ether oxygens (including phenoxy) is 3. The molecule has 9 heteroatoms. The molecule has 1 heterocycles. The lowest BCUT2D eigenvalue weighted by atomic mass is 9.79. The van der Waals surface area contributed by atoms with Gasteiger partial charge in [0.05, 0.1) is 44.0 Å². The molecular formula is C32H28ClFN2O5. The summed E-state index contributed by atoms with van der Waals surface area (Å²) in [6, 6.07) is 22.8. The number of amides is 2. The van der Waals surface area contributed by atoms with Gasteiger partial charge in [-0.05, 0) is 53.1 Å². The smallest absolute Gasteiger partial charge is 0.255 e. The minimum Gasteiger partial charge on any atom is -0.497 e. The monoisotopic (exact) mass is 574 g/mol. The zero-order valence-corrected chi connectivity index (χ0v) is 23.4. The SMILES string of the molecule is COc1ccc(C2C(C(=O)Nc3cc(Cl)c(OC)cc3OC)c3ccccc3C(=O)N2Cc2ccc(F)cc2)cc1. The summed E-state index contributed by atoms with van der Waals surface area (Å²) >= 11 is 6.38. The predicted octanol–water partition coefficient (Wildman–Crippen LogP) is 6.62. The van der Waals surface area contributed by atoms with Crippen LogP contribution in [0.4, 0.5) is 10.1 Å². The first-order valence-electron chi connectivity index (χ1n) is 12.8. The Morgan fingerprint density at radius 2 is 1.59 bits per heavy atom. The van der Waals surface area contributed by atoms with Gasteiger partial charge in [0.25, 0.3) is 5.91 Å². The lowest BCUT2D eigenvalue weighted by Crippen LogP contribution is -2.45. The molecule has 41 heavy (non-hydrogen) atoms. The average molecular weight is 575 g/mol. The third-order valence-corrected chi connectivity index (χ3v) is 7.47. The van der Waals surface area contributed by atoms with Crippen LogP contribution in [0.1, 0.15) is 39.0 Å². The number of hydrogen-bond acceptors (Lipinski definition) is 5. The third kappa shape index (κ3) is 5.56. The minimum absolute atomic E-state index is 0.158. The molecule has 210 valence electrons. The van der Waals surface area contributed by atoms with Crippen LogP contribution in [0.25, 0.3) is 0 Å². The van der Waals surface area contributed by atoms with Gasteiger partial charge in [-0.25, -0.2) is 4.39 Å². The number of nitrogens with one attached hydrogen (secondary N) is 1. The molecular weight excluding hydrogens is 547 g/mol. The first-order chi connectivity index (χ1) is 19.8. The highest BCUT2D eigenvalue weighted by molar-refractivity contribution is 6.32. The molecule has 0 bridgehead atoms. The van der Waals surface area contributed by atoms with Crippen molar-refractivity contribution in [2.24, 2.45) is 0 Å². The van der Waals surface area contributed by atoms with Crippen LogP contribution in [0.5, 0.6) is 17.2 Å². The second-order valence-electron chi connectivity index (χ2n) is 9.52. The zero-order chi connectivity index (χ0) is 29.1. The van der Waals surface area contributed by atoms with Gasteiger partial charge in [-0.2, -0.15) is 0 Å². The van der Waals surface area contributed by atoms with Crippen LogP contribution >= 0.6 is 11.6 Å². The Labute approximate surface area is 242 Å². The highest BCUT2D eigenvalue weighted by Gasteiger charge is 2.44. The minimum atomic E-state index is -0.816. The largest absolute Gasteiger partial charge is 0.497 e. The maximum atomic E-state index is 14.3. The average Bonchev–Trinajstić information content (AvgIpc) is 2.99. The van der Waals surface area contributed by atoms with Crippen LogP contribution in [0, 0.1) is 5.82 Å². The fourth-order valence-electron chi connectivity index (χ4n) is 5.18. The Morgan fingerprint density at radius 3 is 2.24 bits per heavy atom. The van der Waals surface area contributed by atoms with Crippen molar-refractivity contribution in [1.29, 1.82) is 0 Å². The number of nitrogens with zero attached hydrogens (tertiary/aromatic N) is 1. The summed E-state index contributed by atoms with van der Waals surface area (Å²) in [6.45, 7) is 0.158. The second kappa shape index (κ2) is 11.9. The van der Waals surface area contributed by atoms with Crippen LogP contribution in [-0.2, 0) is 11.3 Å². The molecule has 2 unspecified atom stereocenters. The van der Waals surface area contributed by atoms with Gasteiger partial charge in [0.1, 0.15) is 23.1 Å². The third-order valence-electron chi connectivity index (χ3n) is 7.18. The molecule has 0 saturated carbocycles. The van der Waals surface area contributed by atoms with E-state index in [4.69, 9.17) is 25.8 Å². The van der Waals surface area contributed by atoms with Crippen LogP contribution in [0.2, 0.25) is 5.02 Å². The van der Waals surface area contributed by atoms with Crippen molar-refractivity contribution in [3.05, 3.63) is 118 Å². The van der Waals surface area contributed by atoms with E-state index in [1.54, 1.807) is 72.7 Å². The van der Waals surface area contributed by atoms with Crippen molar-refractivity contribution in [3.63, 3.8) is 0 Å². The van der Waals surface area contributed by atoms with E-state index in [-0.39, 0.29) is 24.2 Å². The Hall–Kier alpha value is -4.56. The van der Waals surface area contributed by atoms with Gasteiger partial charge in [0.15, 0.2) is 0 Å². The van der Waals surface area contributed by atoms with Gasteiger partial charge >= 0.3 is 0 Å². The molecule has 1 aliphatic rings. The highest BCUT2D eigenvalue weighted by Crippen LogP contribution is 2.45. The molecule has 0 aliphatic carbocycles. The predicted molar refractivity (Wildman–Crippen MR) is 154 cm³/mol. The molecule has 0 aromatic heterocycles. The lowest BCUT2D eigenvalue weighted by molar-refractivity contribution is -0.119. The molecule has 0 spiro atoms. The van der Waals surface area contributed by atoms with E-state index in [0.717, 1.165) is 11.1 Å². The molecule has 2 atom stereocenters. The van der Waals surface area contributed by atoms with Gasteiger partial charge in [0, 0.05) is 18.2 Å². The Kier molecular flexibility index (Phi) is 8.12. The summed E-state index contributed by atoms with van der Waals surface area (Å²) in [5.41, 5.74) is 2.82. The summed E-state index contributed by atoms with van der Waals surface area (Å²) in [5.74, 6) is -0.390. The first kappa shape index (κ1) is 28.0. The zero-order valence-electron chi connectivity index (χ0n) is 22.7. The number of methoxy groups -OCH3 is 3. The fourth-order valence-corrected chi connectivity index (χ4v) is 5.42. The van der Waals surface area contributed by atoms with Crippen LogP contribution in [-0.4, -0.2) is 38.0 Å². The molecule has 0 radical (unpaired) electrons. The lowest BCUT2D eigenvalue weighted by Gasteiger charge is -2.42. The van der Waals surface area contributed by atoms with Crippen molar-refractivity contribution in [3.8, 4) is 17.2 Å². The molecule has 2 amide bonds. The van der Waals surface area contributed by atoms with E-state index >= 15 is 0 Å². The van der Waals surface area contributed by atoms with E-state index < -0.39 is 12.0 Å². The molecule has 4 aromatic carbocycles. The Bertz CT molecular complexity index is 1580. The second-order valence-corrected chi connectivity index (χ2v) is 9.93.